The lowest BCUT2D eigenvalue weighted by Crippen LogP contribution is -2.21. The quantitative estimate of drug-likeness (QED) is 0.788. The van der Waals surface area contributed by atoms with Gasteiger partial charge in [-0.25, -0.2) is 9.97 Å². The molecule has 0 spiro atoms. The van der Waals surface area contributed by atoms with Crippen molar-refractivity contribution in [1.29, 1.82) is 0 Å². The van der Waals surface area contributed by atoms with Gasteiger partial charge in [-0.2, -0.15) is 0 Å². The lowest BCUT2D eigenvalue weighted by Gasteiger charge is -2.15. The number of hydrogen-bond donors (Lipinski definition) is 1. The fraction of sp³-hybridized carbons (Fsp3) is 0.500. The molecule has 2 heterocycles. The summed E-state index contributed by atoms with van der Waals surface area (Å²) in [7, 11) is 0. The van der Waals surface area contributed by atoms with Crippen LogP contribution in [-0.4, -0.2) is 35.4 Å². The molecule has 1 saturated heterocycles. The summed E-state index contributed by atoms with van der Waals surface area (Å²) in [6.07, 6.45) is 2.15. The Labute approximate surface area is 88.5 Å². The van der Waals surface area contributed by atoms with Gasteiger partial charge in [0.1, 0.15) is 18.0 Å². The van der Waals surface area contributed by atoms with Crippen molar-refractivity contribution in [2.45, 2.75) is 13.3 Å². The van der Waals surface area contributed by atoms with E-state index in [1.165, 1.54) is 6.33 Å². The lowest BCUT2D eigenvalue weighted by molar-refractivity contribution is -0.116. The first-order valence-corrected chi connectivity index (χ1v) is 5.12. The van der Waals surface area contributed by atoms with Crippen LogP contribution < -0.4 is 10.2 Å². The Morgan fingerprint density at radius 2 is 2.40 bits per heavy atom. The first-order valence-electron chi connectivity index (χ1n) is 5.12. The second-order valence-corrected chi connectivity index (χ2v) is 3.50. The van der Waals surface area contributed by atoms with Crippen LogP contribution in [0.2, 0.25) is 0 Å². The summed E-state index contributed by atoms with van der Waals surface area (Å²) in [4.78, 5) is 21.4. The van der Waals surface area contributed by atoms with E-state index in [4.69, 9.17) is 0 Å². The van der Waals surface area contributed by atoms with E-state index in [9.17, 15) is 4.79 Å². The van der Waals surface area contributed by atoms with E-state index in [1.54, 1.807) is 0 Å². The molecule has 0 unspecified atom stereocenters. The highest BCUT2D eigenvalue weighted by atomic mass is 16.1. The third kappa shape index (κ3) is 2.23. The number of carbonyl (C=O) groups is 1. The Morgan fingerprint density at radius 1 is 1.53 bits per heavy atom. The minimum Gasteiger partial charge on any atom is -0.370 e. The Balaban J connectivity index is 2.14. The first-order chi connectivity index (χ1) is 7.29. The molecule has 0 bridgehead atoms. The molecule has 1 aromatic heterocycles. The average Bonchev–Trinajstić information content (AvgIpc) is 2.66. The van der Waals surface area contributed by atoms with E-state index in [1.807, 2.05) is 17.9 Å². The maximum atomic E-state index is 11.1. The summed E-state index contributed by atoms with van der Waals surface area (Å²) in [6, 6.07) is 1.88. The first kappa shape index (κ1) is 9.89. The van der Waals surface area contributed by atoms with Crippen molar-refractivity contribution in [3.63, 3.8) is 0 Å². The van der Waals surface area contributed by atoms with Crippen molar-refractivity contribution in [2.24, 2.45) is 0 Å². The van der Waals surface area contributed by atoms with E-state index in [-0.39, 0.29) is 5.78 Å². The molecule has 1 aliphatic heterocycles. The zero-order valence-corrected chi connectivity index (χ0v) is 8.73. The second-order valence-electron chi connectivity index (χ2n) is 3.50. The molecular formula is C10H14N4O. The van der Waals surface area contributed by atoms with Gasteiger partial charge in [-0.3, -0.25) is 4.79 Å². The van der Waals surface area contributed by atoms with Gasteiger partial charge >= 0.3 is 0 Å². The fourth-order valence-electron chi connectivity index (χ4n) is 1.62. The number of hydrogen-bond acceptors (Lipinski definition) is 5. The van der Waals surface area contributed by atoms with Crippen LogP contribution in [0.25, 0.3) is 0 Å². The number of rotatable bonds is 3. The number of carbonyl (C=O) groups excluding carboxylic acids is 1. The Kier molecular flexibility index (Phi) is 2.80. The number of ketones is 1. The molecule has 0 amide bonds. The van der Waals surface area contributed by atoms with Crippen LogP contribution in [0.1, 0.15) is 13.3 Å². The van der Waals surface area contributed by atoms with Crippen molar-refractivity contribution >= 4 is 17.4 Å². The minimum atomic E-state index is 0.276. The van der Waals surface area contributed by atoms with E-state index >= 15 is 0 Å². The molecule has 2 rings (SSSR count). The SMILES string of the molecule is CCNc1cc(N2CCC(=O)C2)ncn1. The van der Waals surface area contributed by atoms with Gasteiger partial charge in [-0.15, -0.1) is 0 Å². The summed E-state index contributed by atoms with van der Waals surface area (Å²) < 4.78 is 0. The third-order valence-corrected chi connectivity index (χ3v) is 2.36. The van der Waals surface area contributed by atoms with Gasteiger partial charge in [0.15, 0.2) is 5.78 Å². The Morgan fingerprint density at radius 3 is 3.07 bits per heavy atom. The van der Waals surface area contributed by atoms with Crippen molar-refractivity contribution in [2.75, 3.05) is 29.9 Å². The van der Waals surface area contributed by atoms with Crippen LogP contribution in [0.15, 0.2) is 12.4 Å². The van der Waals surface area contributed by atoms with Gasteiger partial charge in [0.2, 0.25) is 0 Å². The molecule has 80 valence electrons. The standard InChI is InChI=1S/C10H14N4O/c1-2-11-9-5-10(13-7-12-9)14-4-3-8(15)6-14/h5,7H,2-4,6H2,1H3,(H,11,12,13). The summed E-state index contributed by atoms with van der Waals surface area (Å²) in [6.45, 7) is 4.08. The largest absolute Gasteiger partial charge is 0.370 e. The van der Waals surface area contributed by atoms with E-state index in [0.717, 1.165) is 24.7 Å². The van der Waals surface area contributed by atoms with Gasteiger partial charge < -0.3 is 10.2 Å². The van der Waals surface area contributed by atoms with Crippen LogP contribution in [-0.2, 0) is 4.79 Å². The molecule has 0 radical (unpaired) electrons. The van der Waals surface area contributed by atoms with Crippen molar-refractivity contribution in [3.8, 4) is 0 Å². The number of nitrogens with one attached hydrogen (secondary N) is 1. The highest BCUT2D eigenvalue weighted by Gasteiger charge is 2.20. The summed E-state index contributed by atoms with van der Waals surface area (Å²) in [5.74, 6) is 1.91. The zero-order valence-electron chi connectivity index (χ0n) is 8.73. The molecule has 0 saturated carbocycles. The topological polar surface area (TPSA) is 58.1 Å². The molecule has 0 atom stereocenters. The van der Waals surface area contributed by atoms with Crippen LogP contribution in [0.4, 0.5) is 11.6 Å². The van der Waals surface area contributed by atoms with Crippen molar-refractivity contribution < 1.29 is 4.79 Å². The summed E-state index contributed by atoms with van der Waals surface area (Å²) in [5, 5.41) is 3.12. The number of anilines is 2. The summed E-state index contributed by atoms with van der Waals surface area (Å²) in [5.41, 5.74) is 0. The van der Waals surface area contributed by atoms with Gasteiger partial charge in [-0.1, -0.05) is 0 Å². The van der Waals surface area contributed by atoms with Gasteiger partial charge in [0.05, 0.1) is 6.54 Å². The Bertz CT molecular complexity index is 366. The molecule has 1 aliphatic rings. The molecule has 5 heteroatoms. The molecule has 0 aliphatic carbocycles. The number of nitrogens with zero attached hydrogens (tertiary/aromatic N) is 3. The van der Waals surface area contributed by atoms with Crippen LogP contribution >= 0.6 is 0 Å². The predicted molar refractivity (Wildman–Crippen MR) is 58.0 cm³/mol. The van der Waals surface area contributed by atoms with Crippen molar-refractivity contribution in [3.05, 3.63) is 12.4 Å². The van der Waals surface area contributed by atoms with E-state index in [0.29, 0.717) is 13.0 Å². The molecule has 5 nitrogen and oxygen atoms in total. The van der Waals surface area contributed by atoms with Gasteiger partial charge in [0, 0.05) is 25.6 Å². The minimum absolute atomic E-state index is 0.276. The molecule has 1 N–H and O–H groups in total. The molecular weight excluding hydrogens is 192 g/mol. The van der Waals surface area contributed by atoms with Crippen LogP contribution in [0.3, 0.4) is 0 Å². The Hall–Kier alpha value is -1.65. The van der Waals surface area contributed by atoms with Gasteiger partial charge in [-0.05, 0) is 6.92 Å². The normalized spacial score (nSPS) is 15.8. The molecule has 0 aromatic carbocycles. The van der Waals surface area contributed by atoms with E-state index in [2.05, 4.69) is 15.3 Å². The van der Waals surface area contributed by atoms with Crippen molar-refractivity contribution in [1.82, 2.24) is 9.97 Å². The predicted octanol–water partition coefficient (Wildman–Crippen LogP) is 0.688. The van der Waals surface area contributed by atoms with Crippen LogP contribution in [0, 0.1) is 0 Å². The fourth-order valence-corrected chi connectivity index (χ4v) is 1.62. The monoisotopic (exact) mass is 206 g/mol. The van der Waals surface area contributed by atoms with E-state index < -0.39 is 0 Å². The number of Topliss-reactive ketones (excluding diaryl/α,β-unsaturated/α-hetero) is 1. The summed E-state index contributed by atoms with van der Waals surface area (Å²) >= 11 is 0. The maximum absolute atomic E-state index is 11.1. The third-order valence-electron chi connectivity index (χ3n) is 2.36. The second kappa shape index (κ2) is 4.25. The number of aromatic nitrogens is 2. The smallest absolute Gasteiger partial charge is 0.153 e. The molecule has 15 heavy (non-hydrogen) atoms. The van der Waals surface area contributed by atoms with Gasteiger partial charge in [0.25, 0.3) is 0 Å². The lowest BCUT2D eigenvalue weighted by atomic mass is 10.4. The highest BCUT2D eigenvalue weighted by Crippen LogP contribution is 2.17. The highest BCUT2D eigenvalue weighted by molar-refractivity contribution is 5.86. The zero-order chi connectivity index (χ0) is 10.7. The maximum Gasteiger partial charge on any atom is 0.153 e. The molecule has 1 fully saturated rings. The molecule has 1 aromatic rings. The average molecular weight is 206 g/mol. The van der Waals surface area contributed by atoms with Crippen LogP contribution in [0.5, 0.6) is 0 Å².